The van der Waals surface area contributed by atoms with Crippen molar-refractivity contribution in [1.82, 2.24) is 14.9 Å². The molecule has 7 heteroatoms. The highest BCUT2D eigenvalue weighted by Gasteiger charge is 2.29. The maximum Gasteiger partial charge on any atom is 0.264 e. The molecule has 0 N–H and O–H groups in total. The molecule has 1 aliphatic rings. The van der Waals surface area contributed by atoms with Gasteiger partial charge in [0.15, 0.2) is 0 Å². The van der Waals surface area contributed by atoms with Crippen molar-refractivity contribution >= 4 is 27.5 Å². The van der Waals surface area contributed by atoms with Crippen LogP contribution in [0.2, 0.25) is 0 Å². The molecule has 2 aromatic heterocycles. The van der Waals surface area contributed by atoms with Crippen LogP contribution in [0.3, 0.4) is 0 Å². The molecular formula is C20H20FN3O2S. The van der Waals surface area contributed by atoms with Gasteiger partial charge in [0.2, 0.25) is 0 Å². The van der Waals surface area contributed by atoms with E-state index in [9.17, 15) is 9.18 Å². The number of morpholine rings is 1. The summed E-state index contributed by atoms with van der Waals surface area (Å²) in [5.41, 5.74) is 2.71. The molecule has 1 atom stereocenters. The standard InChI is InChI=1S/C20H20FN3O2S/c1-11-17-12(2)22-13(3)23-19(17)27-18(11)20(25)24-8-9-26-16(10-24)14-4-6-15(21)7-5-14/h4-7,16H,8-10H2,1-3H3. The second-order valence-corrected chi connectivity index (χ2v) is 7.75. The van der Waals surface area contributed by atoms with Crippen molar-refractivity contribution in [3.05, 3.63) is 57.6 Å². The van der Waals surface area contributed by atoms with Crippen LogP contribution in [0.25, 0.3) is 10.2 Å². The Morgan fingerprint density at radius 3 is 2.70 bits per heavy atom. The van der Waals surface area contributed by atoms with E-state index in [1.54, 1.807) is 12.1 Å². The number of thiophene rings is 1. The number of carbonyl (C=O) groups is 1. The molecule has 0 radical (unpaired) electrons. The van der Waals surface area contributed by atoms with Crippen molar-refractivity contribution in [3.8, 4) is 0 Å². The molecule has 0 saturated carbocycles. The largest absolute Gasteiger partial charge is 0.370 e. The molecule has 27 heavy (non-hydrogen) atoms. The second-order valence-electron chi connectivity index (χ2n) is 6.75. The van der Waals surface area contributed by atoms with Gasteiger partial charge in [-0.3, -0.25) is 4.79 Å². The minimum atomic E-state index is -0.282. The smallest absolute Gasteiger partial charge is 0.264 e. The lowest BCUT2D eigenvalue weighted by molar-refractivity contribution is -0.0227. The molecule has 1 fully saturated rings. The van der Waals surface area contributed by atoms with E-state index < -0.39 is 0 Å². The number of carbonyl (C=O) groups excluding carboxylic acids is 1. The maximum atomic E-state index is 13.2. The Morgan fingerprint density at radius 1 is 1.22 bits per heavy atom. The van der Waals surface area contributed by atoms with E-state index >= 15 is 0 Å². The van der Waals surface area contributed by atoms with Crippen LogP contribution in [0.5, 0.6) is 0 Å². The van der Waals surface area contributed by atoms with Gasteiger partial charge in [-0.05, 0) is 44.0 Å². The van der Waals surface area contributed by atoms with E-state index in [1.807, 2.05) is 25.7 Å². The second kappa shape index (κ2) is 6.98. The van der Waals surface area contributed by atoms with Crippen LogP contribution in [0.4, 0.5) is 4.39 Å². The first-order valence-electron chi connectivity index (χ1n) is 8.84. The first-order valence-corrected chi connectivity index (χ1v) is 9.66. The first-order chi connectivity index (χ1) is 12.9. The van der Waals surface area contributed by atoms with Crippen LogP contribution in [0.15, 0.2) is 24.3 Å². The Morgan fingerprint density at radius 2 is 1.96 bits per heavy atom. The van der Waals surface area contributed by atoms with E-state index in [0.29, 0.717) is 30.4 Å². The van der Waals surface area contributed by atoms with E-state index in [4.69, 9.17) is 4.74 Å². The molecular weight excluding hydrogens is 365 g/mol. The molecule has 3 heterocycles. The molecule has 0 aliphatic carbocycles. The number of aromatic nitrogens is 2. The van der Waals surface area contributed by atoms with Crippen LogP contribution in [-0.2, 0) is 4.74 Å². The number of ether oxygens (including phenoxy) is 1. The quantitative estimate of drug-likeness (QED) is 0.670. The number of nitrogens with zero attached hydrogens (tertiary/aromatic N) is 3. The van der Waals surface area contributed by atoms with Crippen LogP contribution in [0, 0.1) is 26.6 Å². The fourth-order valence-electron chi connectivity index (χ4n) is 3.53. The highest BCUT2D eigenvalue weighted by Crippen LogP contribution is 2.33. The number of hydrogen-bond acceptors (Lipinski definition) is 5. The highest BCUT2D eigenvalue weighted by molar-refractivity contribution is 7.20. The van der Waals surface area contributed by atoms with Gasteiger partial charge in [0, 0.05) is 17.6 Å². The molecule has 0 bridgehead atoms. The SMILES string of the molecule is Cc1nc(C)c2c(C)c(C(=O)N3CCOC(c4ccc(F)cc4)C3)sc2n1. The van der Waals surface area contributed by atoms with Gasteiger partial charge < -0.3 is 9.64 Å². The van der Waals surface area contributed by atoms with Crippen LogP contribution >= 0.6 is 11.3 Å². The summed E-state index contributed by atoms with van der Waals surface area (Å²) in [6, 6.07) is 6.25. The summed E-state index contributed by atoms with van der Waals surface area (Å²) in [5.74, 6) is 0.418. The lowest BCUT2D eigenvalue weighted by Gasteiger charge is -2.33. The molecule has 5 nitrogen and oxygen atoms in total. The summed E-state index contributed by atoms with van der Waals surface area (Å²) in [6.45, 7) is 7.20. The lowest BCUT2D eigenvalue weighted by Crippen LogP contribution is -2.42. The average Bonchev–Trinajstić information content (AvgIpc) is 2.98. The third-order valence-corrected chi connectivity index (χ3v) is 6.05. The van der Waals surface area contributed by atoms with Crippen LogP contribution < -0.4 is 0 Å². The molecule has 1 unspecified atom stereocenters. The summed E-state index contributed by atoms with van der Waals surface area (Å²) in [6.07, 6.45) is -0.248. The molecule has 4 rings (SSSR count). The van der Waals surface area contributed by atoms with Crippen molar-refractivity contribution in [3.63, 3.8) is 0 Å². The maximum absolute atomic E-state index is 13.2. The zero-order chi connectivity index (χ0) is 19.1. The van der Waals surface area contributed by atoms with Gasteiger partial charge in [0.05, 0.1) is 18.0 Å². The van der Waals surface area contributed by atoms with Crippen LogP contribution in [-0.4, -0.2) is 40.5 Å². The van der Waals surface area contributed by atoms with Crippen molar-refractivity contribution in [2.75, 3.05) is 19.7 Å². The van der Waals surface area contributed by atoms with E-state index in [2.05, 4.69) is 9.97 Å². The fraction of sp³-hybridized carbons (Fsp3) is 0.350. The molecule has 1 aliphatic heterocycles. The topological polar surface area (TPSA) is 55.3 Å². The summed E-state index contributed by atoms with van der Waals surface area (Å²) in [7, 11) is 0. The predicted molar refractivity (Wildman–Crippen MR) is 103 cm³/mol. The summed E-state index contributed by atoms with van der Waals surface area (Å²) in [5, 5.41) is 0.970. The van der Waals surface area contributed by atoms with E-state index in [-0.39, 0.29) is 17.8 Å². The third kappa shape index (κ3) is 3.33. The predicted octanol–water partition coefficient (Wildman–Crippen LogP) is 3.97. The van der Waals surface area contributed by atoms with Gasteiger partial charge in [0.1, 0.15) is 22.6 Å². The van der Waals surface area contributed by atoms with Gasteiger partial charge in [-0.2, -0.15) is 0 Å². The van der Waals surface area contributed by atoms with Crippen LogP contribution in [0.1, 0.15) is 38.4 Å². The summed E-state index contributed by atoms with van der Waals surface area (Å²) >= 11 is 1.42. The van der Waals surface area contributed by atoms with Gasteiger partial charge in [-0.1, -0.05) is 12.1 Å². The Kier molecular flexibility index (Phi) is 4.65. The zero-order valence-corrected chi connectivity index (χ0v) is 16.3. The number of aryl methyl sites for hydroxylation is 3. The Bertz CT molecular complexity index is 1020. The zero-order valence-electron chi connectivity index (χ0n) is 15.5. The molecule has 140 valence electrons. The third-order valence-electron chi connectivity index (χ3n) is 4.87. The van der Waals surface area contributed by atoms with E-state index in [1.165, 1.54) is 23.5 Å². The molecule has 1 amide bonds. The Labute approximate surface area is 160 Å². The lowest BCUT2D eigenvalue weighted by atomic mass is 10.1. The van der Waals surface area contributed by atoms with Crippen molar-refractivity contribution in [2.45, 2.75) is 26.9 Å². The van der Waals surface area contributed by atoms with Crippen molar-refractivity contribution < 1.29 is 13.9 Å². The molecule has 0 spiro atoms. The van der Waals surface area contributed by atoms with Gasteiger partial charge in [-0.15, -0.1) is 11.3 Å². The summed E-state index contributed by atoms with van der Waals surface area (Å²) < 4.78 is 19.0. The average molecular weight is 385 g/mol. The normalized spacial score (nSPS) is 17.5. The monoisotopic (exact) mass is 385 g/mol. The number of benzene rings is 1. The van der Waals surface area contributed by atoms with Crippen molar-refractivity contribution in [1.29, 1.82) is 0 Å². The highest BCUT2D eigenvalue weighted by atomic mass is 32.1. The minimum Gasteiger partial charge on any atom is -0.370 e. The number of fused-ring (bicyclic) bond motifs is 1. The Hall–Kier alpha value is -2.38. The first kappa shape index (κ1) is 18.0. The number of rotatable bonds is 2. The summed E-state index contributed by atoms with van der Waals surface area (Å²) in [4.78, 5) is 25.5. The number of hydrogen-bond donors (Lipinski definition) is 0. The molecule has 1 aromatic carbocycles. The Balaban J connectivity index is 1.62. The van der Waals surface area contributed by atoms with Gasteiger partial charge in [0.25, 0.3) is 5.91 Å². The number of halogens is 1. The number of amides is 1. The van der Waals surface area contributed by atoms with Crippen molar-refractivity contribution in [2.24, 2.45) is 0 Å². The molecule has 1 saturated heterocycles. The van der Waals surface area contributed by atoms with Gasteiger partial charge >= 0.3 is 0 Å². The van der Waals surface area contributed by atoms with Gasteiger partial charge in [-0.25, -0.2) is 14.4 Å². The minimum absolute atomic E-state index is 0.0111. The fourth-order valence-corrected chi connectivity index (χ4v) is 4.78. The molecule has 3 aromatic rings. The van der Waals surface area contributed by atoms with E-state index in [0.717, 1.165) is 27.0 Å².